The molecule has 0 atom stereocenters. The Balaban J connectivity index is 0.00000280. The van der Waals surface area contributed by atoms with E-state index >= 15 is 0 Å². The summed E-state index contributed by atoms with van der Waals surface area (Å²) in [5.74, 6) is 1.62. The number of halogens is 1. The number of methoxy groups -OCH3 is 1. The number of ether oxygens (including phenoxy) is 1. The zero-order chi connectivity index (χ0) is 18.9. The summed E-state index contributed by atoms with van der Waals surface area (Å²) >= 11 is 1.66. The van der Waals surface area contributed by atoms with Crippen LogP contribution in [0, 0.1) is 0 Å². The van der Waals surface area contributed by atoms with Gasteiger partial charge in [0.05, 0.1) is 25.9 Å². The number of aliphatic imine (C=N–C) groups is 1. The molecular formula is C21H25IN4OS. The van der Waals surface area contributed by atoms with E-state index in [1.54, 1.807) is 18.4 Å². The highest BCUT2D eigenvalue weighted by Gasteiger charge is 2.05. The average molecular weight is 508 g/mol. The number of hydrogen-bond donors (Lipinski definition) is 2. The van der Waals surface area contributed by atoms with Crippen LogP contribution in [-0.2, 0) is 13.1 Å². The lowest BCUT2D eigenvalue weighted by Crippen LogP contribution is -2.36. The first-order valence-corrected chi connectivity index (χ1v) is 9.81. The van der Waals surface area contributed by atoms with E-state index in [1.165, 1.54) is 0 Å². The molecule has 1 aromatic heterocycles. The predicted octanol–water partition coefficient (Wildman–Crippen LogP) is 4.69. The van der Waals surface area contributed by atoms with E-state index in [4.69, 9.17) is 9.72 Å². The summed E-state index contributed by atoms with van der Waals surface area (Å²) in [5, 5.41) is 9.74. The van der Waals surface area contributed by atoms with Crippen molar-refractivity contribution in [1.82, 2.24) is 15.6 Å². The summed E-state index contributed by atoms with van der Waals surface area (Å²) in [6.07, 6.45) is 0. The van der Waals surface area contributed by atoms with Gasteiger partial charge in [0.25, 0.3) is 0 Å². The van der Waals surface area contributed by atoms with Gasteiger partial charge in [0.2, 0.25) is 0 Å². The summed E-state index contributed by atoms with van der Waals surface area (Å²) in [6, 6.07) is 18.2. The third-order valence-electron chi connectivity index (χ3n) is 3.91. The van der Waals surface area contributed by atoms with Gasteiger partial charge >= 0.3 is 0 Å². The Bertz CT molecular complexity index is 883. The second kappa shape index (κ2) is 11.7. The minimum atomic E-state index is 0. The summed E-state index contributed by atoms with van der Waals surface area (Å²) in [7, 11) is 1.67. The highest BCUT2D eigenvalue weighted by atomic mass is 127. The van der Waals surface area contributed by atoms with Crippen LogP contribution < -0.4 is 15.4 Å². The van der Waals surface area contributed by atoms with Crippen LogP contribution in [0.2, 0.25) is 0 Å². The molecule has 0 amide bonds. The lowest BCUT2D eigenvalue weighted by Gasteiger charge is -2.10. The molecule has 0 bridgehead atoms. The fourth-order valence-electron chi connectivity index (χ4n) is 2.56. The molecule has 3 rings (SSSR count). The summed E-state index contributed by atoms with van der Waals surface area (Å²) in [5.41, 5.74) is 3.25. The number of rotatable bonds is 7. The van der Waals surface area contributed by atoms with Crippen LogP contribution in [0.1, 0.15) is 18.2 Å². The number of nitrogens with zero attached hydrogens (tertiary/aromatic N) is 2. The van der Waals surface area contributed by atoms with Crippen molar-refractivity contribution in [2.75, 3.05) is 13.7 Å². The summed E-state index contributed by atoms with van der Waals surface area (Å²) in [4.78, 5) is 9.36. The number of nitrogens with one attached hydrogen (secondary N) is 2. The maximum absolute atomic E-state index is 5.27. The Morgan fingerprint density at radius 2 is 1.93 bits per heavy atom. The highest BCUT2D eigenvalue weighted by molar-refractivity contribution is 14.0. The molecule has 0 saturated heterocycles. The van der Waals surface area contributed by atoms with E-state index in [0.717, 1.165) is 40.1 Å². The van der Waals surface area contributed by atoms with Gasteiger partial charge in [-0.3, -0.25) is 0 Å². The van der Waals surface area contributed by atoms with Crippen molar-refractivity contribution in [3.63, 3.8) is 0 Å². The quantitative estimate of drug-likeness (QED) is 0.276. The monoisotopic (exact) mass is 508 g/mol. The van der Waals surface area contributed by atoms with Crippen molar-refractivity contribution in [2.24, 2.45) is 4.99 Å². The van der Waals surface area contributed by atoms with Crippen LogP contribution in [0.25, 0.3) is 10.6 Å². The normalized spacial score (nSPS) is 10.9. The third kappa shape index (κ3) is 6.49. The molecule has 0 aliphatic rings. The molecule has 0 fully saturated rings. The molecule has 0 unspecified atom stereocenters. The van der Waals surface area contributed by atoms with Crippen molar-refractivity contribution in [1.29, 1.82) is 0 Å². The molecule has 5 nitrogen and oxygen atoms in total. The van der Waals surface area contributed by atoms with Crippen molar-refractivity contribution in [2.45, 2.75) is 20.0 Å². The van der Waals surface area contributed by atoms with Crippen LogP contribution >= 0.6 is 35.3 Å². The number of aromatic nitrogens is 1. The molecule has 28 heavy (non-hydrogen) atoms. The first kappa shape index (κ1) is 22.2. The number of thiazole rings is 1. The zero-order valence-corrected chi connectivity index (χ0v) is 19.2. The van der Waals surface area contributed by atoms with Crippen molar-refractivity contribution in [3.05, 3.63) is 71.2 Å². The Hall–Kier alpha value is -2.13. The molecule has 7 heteroatoms. The van der Waals surface area contributed by atoms with E-state index in [-0.39, 0.29) is 24.0 Å². The van der Waals surface area contributed by atoms with Crippen LogP contribution in [0.5, 0.6) is 5.75 Å². The number of benzene rings is 2. The minimum absolute atomic E-state index is 0. The Labute approximate surface area is 187 Å². The molecule has 0 spiro atoms. The van der Waals surface area contributed by atoms with Gasteiger partial charge in [-0.15, -0.1) is 35.3 Å². The molecule has 2 aromatic carbocycles. The van der Waals surface area contributed by atoms with Crippen LogP contribution in [0.4, 0.5) is 0 Å². The van der Waals surface area contributed by atoms with Crippen LogP contribution in [0.15, 0.2) is 65.0 Å². The Morgan fingerprint density at radius 3 is 2.68 bits per heavy atom. The maximum atomic E-state index is 5.27. The summed E-state index contributed by atoms with van der Waals surface area (Å²) in [6.45, 7) is 4.07. The molecule has 1 heterocycles. The van der Waals surface area contributed by atoms with Gasteiger partial charge in [0.15, 0.2) is 5.96 Å². The van der Waals surface area contributed by atoms with E-state index < -0.39 is 0 Å². The van der Waals surface area contributed by atoms with E-state index in [0.29, 0.717) is 13.1 Å². The maximum Gasteiger partial charge on any atom is 0.191 e. The van der Waals surface area contributed by atoms with Crippen molar-refractivity contribution >= 4 is 41.3 Å². The highest BCUT2D eigenvalue weighted by Crippen LogP contribution is 2.23. The van der Waals surface area contributed by atoms with E-state index in [9.17, 15) is 0 Å². The van der Waals surface area contributed by atoms with E-state index in [2.05, 4.69) is 40.1 Å². The molecule has 148 valence electrons. The lowest BCUT2D eigenvalue weighted by molar-refractivity contribution is 0.414. The minimum Gasteiger partial charge on any atom is -0.497 e. The molecule has 2 N–H and O–H groups in total. The fourth-order valence-corrected chi connectivity index (χ4v) is 3.38. The number of guanidine groups is 1. The summed E-state index contributed by atoms with van der Waals surface area (Å²) < 4.78 is 5.27. The first-order valence-electron chi connectivity index (χ1n) is 8.93. The number of hydrogen-bond acceptors (Lipinski definition) is 4. The molecular weight excluding hydrogens is 483 g/mol. The average Bonchev–Trinajstić information content (AvgIpc) is 3.20. The molecule has 0 aliphatic carbocycles. The van der Waals surface area contributed by atoms with E-state index in [1.807, 2.05) is 42.5 Å². The SMILES string of the molecule is CCNC(=NCc1cccc(OC)c1)NCc1csc(-c2ccccc2)n1.I. The molecule has 0 saturated carbocycles. The fraction of sp³-hybridized carbons (Fsp3) is 0.238. The van der Waals surface area contributed by atoms with Crippen molar-refractivity contribution in [3.8, 4) is 16.3 Å². The Morgan fingerprint density at radius 1 is 1.11 bits per heavy atom. The second-order valence-electron chi connectivity index (χ2n) is 5.91. The zero-order valence-electron chi connectivity index (χ0n) is 16.0. The smallest absolute Gasteiger partial charge is 0.191 e. The predicted molar refractivity (Wildman–Crippen MR) is 128 cm³/mol. The van der Waals surface area contributed by atoms with Gasteiger partial charge < -0.3 is 15.4 Å². The van der Waals surface area contributed by atoms with Gasteiger partial charge in [0, 0.05) is 17.5 Å². The molecule has 0 aliphatic heterocycles. The molecule has 0 radical (unpaired) electrons. The Kier molecular flexibility index (Phi) is 9.22. The van der Waals surface area contributed by atoms with Gasteiger partial charge in [-0.05, 0) is 24.6 Å². The largest absolute Gasteiger partial charge is 0.497 e. The van der Waals surface area contributed by atoms with Gasteiger partial charge in [0.1, 0.15) is 10.8 Å². The molecule has 3 aromatic rings. The van der Waals surface area contributed by atoms with Gasteiger partial charge in [-0.2, -0.15) is 0 Å². The standard InChI is InChI=1S/C21H24N4OS.HI/c1-3-22-21(23-13-16-8-7-11-19(12-16)26-2)24-14-18-15-27-20(25-18)17-9-5-4-6-10-17;/h4-12,15H,3,13-14H2,1-2H3,(H2,22,23,24);1H. The van der Waals surface area contributed by atoms with Crippen LogP contribution in [-0.4, -0.2) is 24.6 Å². The van der Waals surface area contributed by atoms with Gasteiger partial charge in [-0.25, -0.2) is 9.98 Å². The lowest BCUT2D eigenvalue weighted by atomic mass is 10.2. The topological polar surface area (TPSA) is 58.5 Å². The van der Waals surface area contributed by atoms with Crippen molar-refractivity contribution < 1.29 is 4.74 Å². The van der Waals surface area contributed by atoms with Gasteiger partial charge in [-0.1, -0.05) is 42.5 Å². The van der Waals surface area contributed by atoms with Crippen LogP contribution in [0.3, 0.4) is 0 Å². The second-order valence-corrected chi connectivity index (χ2v) is 6.77. The third-order valence-corrected chi connectivity index (χ3v) is 4.85. The first-order chi connectivity index (χ1) is 13.3.